The van der Waals surface area contributed by atoms with Gasteiger partial charge in [0.25, 0.3) is 0 Å². The van der Waals surface area contributed by atoms with Crippen molar-refractivity contribution in [3.8, 4) is 0 Å². The van der Waals surface area contributed by atoms with Crippen LogP contribution in [-0.2, 0) is 9.59 Å². The van der Waals surface area contributed by atoms with Crippen LogP contribution < -0.4 is 15.5 Å². The van der Waals surface area contributed by atoms with Gasteiger partial charge in [-0.15, -0.1) is 0 Å². The van der Waals surface area contributed by atoms with Crippen molar-refractivity contribution in [3.05, 3.63) is 54.1 Å². The fourth-order valence-electron chi connectivity index (χ4n) is 2.44. The summed E-state index contributed by atoms with van der Waals surface area (Å²) in [5.41, 5.74) is 3.40. The number of aryl methyl sites for hydroxylation is 1. The smallest absolute Gasteiger partial charge is 0.246 e. The molecular formula is C19H23N3O2. The molecule has 0 saturated carbocycles. The molecule has 0 spiro atoms. The van der Waals surface area contributed by atoms with E-state index in [1.165, 1.54) is 6.92 Å². The Balaban J connectivity index is 2.04. The lowest BCUT2D eigenvalue weighted by molar-refractivity contribution is -0.117. The molecule has 126 valence electrons. The number of rotatable bonds is 6. The van der Waals surface area contributed by atoms with Crippen molar-refractivity contribution in [3.63, 3.8) is 0 Å². The zero-order chi connectivity index (χ0) is 17.5. The highest BCUT2D eigenvalue weighted by molar-refractivity contribution is 5.96. The number of anilines is 3. The van der Waals surface area contributed by atoms with E-state index in [1.807, 2.05) is 62.4 Å². The van der Waals surface area contributed by atoms with Gasteiger partial charge in [-0.05, 0) is 43.7 Å². The lowest BCUT2D eigenvalue weighted by Gasteiger charge is -2.21. The molecule has 2 N–H and O–H groups in total. The lowest BCUT2D eigenvalue weighted by atomic mass is 10.1. The number of hydrogen-bond donors (Lipinski definition) is 2. The highest BCUT2D eigenvalue weighted by Gasteiger charge is 2.13. The molecule has 2 aromatic carbocycles. The first-order chi connectivity index (χ1) is 11.5. The molecule has 0 saturated heterocycles. The molecule has 5 nitrogen and oxygen atoms in total. The maximum absolute atomic E-state index is 12.5. The monoisotopic (exact) mass is 325 g/mol. The Morgan fingerprint density at radius 2 is 1.79 bits per heavy atom. The van der Waals surface area contributed by atoms with Crippen LogP contribution in [0.2, 0.25) is 0 Å². The number of likely N-dealkylation sites (N-methyl/N-ethyl adjacent to an activating group) is 1. The lowest BCUT2D eigenvalue weighted by Crippen LogP contribution is -2.35. The Bertz CT molecular complexity index is 714. The molecule has 0 unspecified atom stereocenters. The van der Waals surface area contributed by atoms with Gasteiger partial charge in [0.2, 0.25) is 11.8 Å². The van der Waals surface area contributed by atoms with Crippen LogP contribution in [0.15, 0.2) is 48.5 Å². The number of carbonyl (C=O) groups excluding carboxylic acids is 2. The van der Waals surface area contributed by atoms with Crippen molar-refractivity contribution in [2.24, 2.45) is 0 Å². The van der Waals surface area contributed by atoms with E-state index in [4.69, 9.17) is 0 Å². The van der Waals surface area contributed by atoms with Gasteiger partial charge in [0, 0.05) is 30.5 Å². The summed E-state index contributed by atoms with van der Waals surface area (Å²) in [5.74, 6) is -0.127. The maximum Gasteiger partial charge on any atom is 0.246 e. The number of carbonyl (C=O) groups is 2. The molecule has 0 aromatic heterocycles. The summed E-state index contributed by atoms with van der Waals surface area (Å²) in [6, 6.07) is 15.2. The number of nitrogens with one attached hydrogen (secondary N) is 2. The fraction of sp³-hybridized carbons (Fsp3) is 0.263. The molecule has 0 aliphatic heterocycles. The number of para-hydroxylation sites is 1. The van der Waals surface area contributed by atoms with Crippen LogP contribution in [0.4, 0.5) is 17.1 Å². The van der Waals surface area contributed by atoms with Gasteiger partial charge in [-0.3, -0.25) is 9.59 Å². The van der Waals surface area contributed by atoms with Crippen molar-refractivity contribution < 1.29 is 9.59 Å². The quantitative estimate of drug-likeness (QED) is 0.855. The highest BCUT2D eigenvalue weighted by atomic mass is 16.2. The van der Waals surface area contributed by atoms with E-state index in [0.29, 0.717) is 6.54 Å². The Hall–Kier alpha value is -2.82. The van der Waals surface area contributed by atoms with Crippen LogP contribution >= 0.6 is 0 Å². The van der Waals surface area contributed by atoms with Gasteiger partial charge in [-0.25, -0.2) is 0 Å². The van der Waals surface area contributed by atoms with Crippen molar-refractivity contribution in [2.45, 2.75) is 20.8 Å². The number of nitrogens with zero attached hydrogens (tertiary/aromatic N) is 1. The van der Waals surface area contributed by atoms with Crippen LogP contribution in [0.1, 0.15) is 19.4 Å². The van der Waals surface area contributed by atoms with E-state index in [1.54, 1.807) is 4.90 Å². The summed E-state index contributed by atoms with van der Waals surface area (Å²) in [6.07, 6.45) is 0. The third-order valence-corrected chi connectivity index (χ3v) is 3.68. The summed E-state index contributed by atoms with van der Waals surface area (Å²) in [7, 11) is 0. The second kappa shape index (κ2) is 8.15. The first-order valence-corrected chi connectivity index (χ1v) is 7.98. The average molecular weight is 325 g/mol. The molecule has 5 heteroatoms. The Morgan fingerprint density at radius 3 is 2.42 bits per heavy atom. The van der Waals surface area contributed by atoms with E-state index in [0.717, 1.165) is 22.6 Å². The topological polar surface area (TPSA) is 61.4 Å². The molecule has 24 heavy (non-hydrogen) atoms. The molecule has 0 atom stereocenters. The number of hydrogen-bond acceptors (Lipinski definition) is 3. The standard InChI is InChI=1S/C19H23N3O2/c1-4-22(17-8-6-5-7-9-17)19(24)13-20-16-11-10-14(2)18(12-16)21-15(3)23/h5-12,20H,4,13H2,1-3H3,(H,21,23). The summed E-state index contributed by atoms with van der Waals surface area (Å²) in [5, 5.41) is 5.91. The molecule has 2 amide bonds. The van der Waals surface area contributed by atoms with E-state index in [2.05, 4.69) is 10.6 Å². The molecule has 0 heterocycles. The minimum atomic E-state index is -0.118. The summed E-state index contributed by atoms with van der Waals surface area (Å²) in [6.45, 7) is 6.14. The number of benzene rings is 2. The number of amides is 2. The molecule has 0 aliphatic carbocycles. The second-order valence-corrected chi connectivity index (χ2v) is 5.54. The van der Waals surface area contributed by atoms with Gasteiger partial charge in [0.15, 0.2) is 0 Å². The molecule has 0 fully saturated rings. The minimum Gasteiger partial charge on any atom is -0.376 e. The largest absolute Gasteiger partial charge is 0.376 e. The molecular weight excluding hydrogens is 302 g/mol. The van der Waals surface area contributed by atoms with Gasteiger partial charge < -0.3 is 15.5 Å². The van der Waals surface area contributed by atoms with Crippen LogP contribution in [0.25, 0.3) is 0 Å². The van der Waals surface area contributed by atoms with Crippen LogP contribution in [0, 0.1) is 6.92 Å². The van der Waals surface area contributed by atoms with Gasteiger partial charge in [-0.2, -0.15) is 0 Å². The Kier molecular flexibility index (Phi) is 5.95. The Labute approximate surface area is 142 Å². The van der Waals surface area contributed by atoms with Crippen LogP contribution in [0.3, 0.4) is 0 Å². The molecule has 2 rings (SSSR count). The fourth-order valence-corrected chi connectivity index (χ4v) is 2.44. The van der Waals surface area contributed by atoms with E-state index in [-0.39, 0.29) is 18.4 Å². The van der Waals surface area contributed by atoms with Gasteiger partial charge in [0.1, 0.15) is 0 Å². The summed E-state index contributed by atoms with van der Waals surface area (Å²) >= 11 is 0. The molecule has 0 bridgehead atoms. The molecule has 0 aliphatic rings. The highest BCUT2D eigenvalue weighted by Crippen LogP contribution is 2.20. The van der Waals surface area contributed by atoms with Gasteiger partial charge in [0.05, 0.1) is 6.54 Å². The SMILES string of the molecule is CCN(C(=O)CNc1ccc(C)c(NC(C)=O)c1)c1ccccc1. The zero-order valence-electron chi connectivity index (χ0n) is 14.3. The van der Waals surface area contributed by atoms with E-state index < -0.39 is 0 Å². The van der Waals surface area contributed by atoms with Crippen molar-refractivity contribution in [1.29, 1.82) is 0 Å². The van der Waals surface area contributed by atoms with E-state index >= 15 is 0 Å². The van der Waals surface area contributed by atoms with Crippen LogP contribution in [0.5, 0.6) is 0 Å². The first kappa shape index (κ1) is 17.5. The predicted octanol–water partition coefficient (Wildman–Crippen LogP) is 3.42. The third-order valence-electron chi connectivity index (χ3n) is 3.68. The normalized spacial score (nSPS) is 10.1. The van der Waals surface area contributed by atoms with E-state index in [9.17, 15) is 9.59 Å². The predicted molar refractivity (Wildman–Crippen MR) is 98.4 cm³/mol. The third kappa shape index (κ3) is 4.59. The minimum absolute atomic E-state index is 0.00893. The van der Waals surface area contributed by atoms with Crippen molar-refractivity contribution in [2.75, 3.05) is 28.6 Å². The van der Waals surface area contributed by atoms with Crippen LogP contribution in [-0.4, -0.2) is 24.9 Å². The first-order valence-electron chi connectivity index (χ1n) is 7.98. The van der Waals surface area contributed by atoms with Gasteiger partial charge in [-0.1, -0.05) is 24.3 Å². The molecule has 0 radical (unpaired) electrons. The second-order valence-electron chi connectivity index (χ2n) is 5.54. The maximum atomic E-state index is 12.5. The zero-order valence-corrected chi connectivity index (χ0v) is 14.3. The Morgan fingerprint density at radius 1 is 1.08 bits per heavy atom. The van der Waals surface area contributed by atoms with Crippen molar-refractivity contribution >= 4 is 28.9 Å². The summed E-state index contributed by atoms with van der Waals surface area (Å²) < 4.78 is 0. The summed E-state index contributed by atoms with van der Waals surface area (Å²) in [4.78, 5) is 25.4. The van der Waals surface area contributed by atoms with Gasteiger partial charge >= 0.3 is 0 Å². The molecule has 2 aromatic rings. The average Bonchev–Trinajstić information content (AvgIpc) is 2.57. The van der Waals surface area contributed by atoms with Crippen molar-refractivity contribution in [1.82, 2.24) is 0 Å².